The zero-order valence-electron chi connectivity index (χ0n) is 25.5. The summed E-state index contributed by atoms with van der Waals surface area (Å²) < 4.78 is 29.4. The van der Waals surface area contributed by atoms with Gasteiger partial charge in [0.25, 0.3) is 10.0 Å². The number of aryl methyl sites for hydroxylation is 1. The van der Waals surface area contributed by atoms with Gasteiger partial charge in [-0.1, -0.05) is 90.8 Å². The van der Waals surface area contributed by atoms with Crippen molar-refractivity contribution in [3.63, 3.8) is 0 Å². The lowest BCUT2D eigenvalue weighted by Crippen LogP contribution is -2.54. The molecule has 45 heavy (non-hydrogen) atoms. The minimum Gasteiger partial charge on any atom is -0.352 e. The number of halogens is 2. The van der Waals surface area contributed by atoms with Gasteiger partial charge in [0.15, 0.2) is 0 Å². The molecule has 2 unspecified atom stereocenters. The van der Waals surface area contributed by atoms with Gasteiger partial charge in [0, 0.05) is 29.1 Å². The maximum atomic E-state index is 14.5. The highest BCUT2D eigenvalue weighted by Gasteiger charge is 2.35. The van der Waals surface area contributed by atoms with Crippen LogP contribution in [0.4, 0.5) is 5.69 Å². The maximum absolute atomic E-state index is 14.5. The van der Waals surface area contributed by atoms with Gasteiger partial charge < -0.3 is 10.2 Å². The fraction of sp³-hybridized carbons (Fsp3) is 0.257. The van der Waals surface area contributed by atoms with Gasteiger partial charge >= 0.3 is 0 Å². The summed E-state index contributed by atoms with van der Waals surface area (Å²) >= 11 is 12.4. The molecule has 0 aliphatic heterocycles. The number of carbonyl (C=O) groups is 2. The largest absolute Gasteiger partial charge is 0.352 e. The van der Waals surface area contributed by atoms with Gasteiger partial charge in [-0.25, -0.2) is 8.42 Å². The minimum atomic E-state index is -4.22. The average molecular weight is 667 g/mol. The molecule has 0 spiro atoms. The van der Waals surface area contributed by atoms with Crippen LogP contribution in [0.1, 0.15) is 37.0 Å². The molecule has 7 nitrogen and oxygen atoms in total. The molecule has 0 aliphatic rings. The molecule has 2 amide bonds. The maximum Gasteiger partial charge on any atom is 0.264 e. The van der Waals surface area contributed by atoms with Crippen LogP contribution in [0.25, 0.3) is 0 Å². The third-order valence-electron chi connectivity index (χ3n) is 7.58. The SMILES string of the molecule is CCC(C)NC(=O)C(Cc1ccccc1)N(Cc1cccc(Cl)c1)C(=O)CN(c1ccccc1C)S(=O)(=O)c1ccc(Cl)cc1. The smallest absolute Gasteiger partial charge is 0.264 e. The molecule has 0 fully saturated rings. The highest BCUT2D eigenvalue weighted by atomic mass is 35.5. The van der Waals surface area contributed by atoms with Crippen molar-refractivity contribution in [2.45, 2.75) is 57.1 Å². The zero-order chi connectivity index (χ0) is 32.6. The number of carbonyl (C=O) groups excluding carboxylic acids is 2. The van der Waals surface area contributed by atoms with Gasteiger partial charge in [0.1, 0.15) is 12.6 Å². The Morgan fingerprint density at radius 3 is 2.11 bits per heavy atom. The Hall–Kier alpha value is -3.85. The van der Waals surface area contributed by atoms with Crippen LogP contribution in [0.2, 0.25) is 10.0 Å². The average Bonchev–Trinajstić information content (AvgIpc) is 3.02. The molecule has 2 atom stereocenters. The van der Waals surface area contributed by atoms with Gasteiger partial charge in [0.05, 0.1) is 10.6 Å². The molecule has 0 saturated carbocycles. The summed E-state index contributed by atoms with van der Waals surface area (Å²) in [6.45, 7) is 5.14. The van der Waals surface area contributed by atoms with Gasteiger partial charge in [-0.15, -0.1) is 0 Å². The second-order valence-electron chi connectivity index (χ2n) is 10.9. The molecule has 236 valence electrons. The van der Waals surface area contributed by atoms with Crippen LogP contribution in [0, 0.1) is 6.92 Å². The summed E-state index contributed by atoms with van der Waals surface area (Å²) in [4.78, 5) is 29.9. The molecular weight excluding hydrogens is 629 g/mol. The van der Waals surface area contributed by atoms with Gasteiger partial charge in [0.2, 0.25) is 11.8 Å². The van der Waals surface area contributed by atoms with E-state index in [1.54, 1.807) is 49.4 Å². The lowest BCUT2D eigenvalue weighted by Gasteiger charge is -2.34. The van der Waals surface area contributed by atoms with E-state index in [1.165, 1.54) is 29.2 Å². The predicted octanol–water partition coefficient (Wildman–Crippen LogP) is 7.05. The Bertz CT molecular complexity index is 1720. The van der Waals surface area contributed by atoms with Crippen molar-refractivity contribution < 1.29 is 18.0 Å². The molecule has 10 heteroatoms. The molecule has 0 aromatic heterocycles. The predicted molar refractivity (Wildman–Crippen MR) is 181 cm³/mol. The van der Waals surface area contributed by atoms with E-state index in [9.17, 15) is 18.0 Å². The fourth-order valence-corrected chi connectivity index (χ4v) is 6.74. The number of amides is 2. The van der Waals surface area contributed by atoms with Crippen LogP contribution in [-0.2, 0) is 32.6 Å². The van der Waals surface area contributed by atoms with E-state index in [4.69, 9.17) is 23.2 Å². The molecule has 4 aromatic rings. The van der Waals surface area contributed by atoms with Crippen molar-refractivity contribution in [3.05, 3.63) is 130 Å². The molecule has 4 rings (SSSR count). The van der Waals surface area contributed by atoms with Crippen LogP contribution >= 0.6 is 23.2 Å². The summed E-state index contributed by atoms with van der Waals surface area (Å²) in [6, 6.07) is 28.2. The van der Waals surface area contributed by atoms with Crippen LogP contribution in [-0.4, -0.2) is 43.8 Å². The van der Waals surface area contributed by atoms with Gasteiger partial charge in [-0.2, -0.15) is 0 Å². The normalized spacial score (nSPS) is 12.6. The Kier molecular flexibility index (Phi) is 11.7. The fourth-order valence-electron chi connectivity index (χ4n) is 4.92. The number of para-hydroxylation sites is 1. The van der Waals surface area contributed by atoms with Crippen molar-refractivity contribution >= 4 is 50.7 Å². The van der Waals surface area contributed by atoms with Crippen molar-refractivity contribution in [3.8, 4) is 0 Å². The van der Waals surface area contributed by atoms with Crippen LogP contribution in [0.3, 0.4) is 0 Å². The topological polar surface area (TPSA) is 86.8 Å². The highest BCUT2D eigenvalue weighted by Crippen LogP contribution is 2.28. The first-order chi connectivity index (χ1) is 21.5. The summed E-state index contributed by atoms with van der Waals surface area (Å²) in [5.74, 6) is -0.873. The standard InChI is InChI=1S/C35H37Cl2N3O4S/c1-4-26(3)38-35(42)33(22-27-12-6-5-7-13-27)39(23-28-14-10-15-30(37)21-28)34(41)24-40(32-16-9-8-11-25(32)2)45(43,44)31-19-17-29(36)18-20-31/h5-21,26,33H,4,22-24H2,1-3H3,(H,38,42). The van der Waals surface area contributed by atoms with E-state index in [0.717, 1.165) is 9.87 Å². The molecule has 0 radical (unpaired) electrons. The first kappa shape index (κ1) is 34.0. The third-order valence-corrected chi connectivity index (χ3v) is 9.84. The second-order valence-corrected chi connectivity index (χ2v) is 13.7. The summed E-state index contributed by atoms with van der Waals surface area (Å²) in [5.41, 5.74) is 2.58. The third kappa shape index (κ3) is 8.87. The first-order valence-electron chi connectivity index (χ1n) is 14.7. The number of nitrogens with zero attached hydrogens (tertiary/aromatic N) is 2. The monoisotopic (exact) mass is 665 g/mol. The van der Waals surface area contributed by atoms with E-state index >= 15 is 0 Å². The number of hydrogen-bond acceptors (Lipinski definition) is 4. The number of rotatable bonds is 13. The minimum absolute atomic E-state index is 0.0142. The van der Waals surface area contributed by atoms with Crippen molar-refractivity contribution in [1.29, 1.82) is 0 Å². The Morgan fingerprint density at radius 2 is 1.47 bits per heavy atom. The van der Waals surface area contributed by atoms with E-state index < -0.39 is 28.5 Å². The summed E-state index contributed by atoms with van der Waals surface area (Å²) in [7, 11) is -4.22. The number of sulfonamides is 1. The van der Waals surface area contributed by atoms with Crippen molar-refractivity contribution in [2.24, 2.45) is 0 Å². The zero-order valence-corrected chi connectivity index (χ0v) is 27.8. The summed E-state index contributed by atoms with van der Waals surface area (Å²) in [5, 5.41) is 3.90. The van der Waals surface area contributed by atoms with Crippen LogP contribution in [0.5, 0.6) is 0 Å². The second kappa shape index (κ2) is 15.4. The lowest BCUT2D eigenvalue weighted by atomic mass is 10.0. The van der Waals surface area contributed by atoms with Gasteiger partial charge in [-0.3, -0.25) is 13.9 Å². The highest BCUT2D eigenvalue weighted by molar-refractivity contribution is 7.92. The van der Waals surface area contributed by atoms with E-state index in [-0.39, 0.29) is 29.8 Å². The Morgan fingerprint density at radius 1 is 0.822 bits per heavy atom. The number of nitrogens with one attached hydrogen (secondary N) is 1. The van der Waals surface area contributed by atoms with E-state index in [2.05, 4.69) is 5.32 Å². The van der Waals surface area contributed by atoms with E-state index in [1.807, 2.05) is 50.2 Å². The lowest BCUT2D eigenvalue weighted by molar-refractivity contribution is -0.140. The van der Waals surface area contributed by atoms with E-state index in [0.29, 0.717) is 33.3 Å². The Balaban J connectivity index is 1.82. The van der Waals surface area contributed by atoms with Crippen LogP contribution in [0.15, 0.2) is 108 Å². The molecule has 1 N–H and O–H groups in total. The molecule has 4 aromatic carbocycles. The van der Waals surface area contributed by atoms with Crippen molar-refractivity contribution in [2.75, 3.05) is 10.8 Å². The molecule has 0 bridgehead atoms. The molecular formula is C35H37Cl2N3O4S. The molecule has 0 saturated heterocycles. The number of benzene rings is 4. The Labute approximate surface area is 275 Å². The summed E-state index contributed by atoms with van der Waals surface area (Å²) in [6.07, 6.45) is 0.927. The molecule has 0 heterocycles. The van der Waals surface area contributed by atoms with Gasteiger partial charge in [-0.05, 0) is 79.4 Å². The molecule has 0 aliphatic carbocycles. The first-order valence-corrected chi connectivity index (χ1v) is 16.9. The number of hydrogen-bond donors (Lipinski definition) is 1. The quantitative estimate of drug-likeness (QED) is 0.166. The number of anilines is 1. The van der Waals surface area contributed by atoms with Crippen LogP contribution < -0.4 is 9.62 Å². The van der Waals surface area contributed by atoms with Crippen molar-refractivity contribution in [1.82, 2.24) is 10.2 Å².